The fraction of sp³-hybridized carbons (Fsp3) is 0.409. The van der Waals surface area contributed by atoms with Crippen molar-refractivity contribution in [1.82, 2.24) is 15.1 Å². The van der Waals surface area contributed by atoms with Gasteiger partial charge in [0.25, 0.3) is 0 Å². The van der Waals surface area contributed by atoms with Crippen LogP contribution in [0.2, 0.25) is 0 Å². The summed E-state index contributed by atoms with van der Waals surface area (Å²) in [5.41, 5.74) is 2.03. The molecule has 0 radical (unpaired) electrons. The number of nitrogens with zero attached hydrogens (tertiary/aromatic N) is 3. The molecule has 1 aromatic heterocycles. The molecule has 158 valence electrons. The van der Waals surface area contributed by atoms with Crippen LogP contribution in [0, 0.1) is 0 Å². The van der Waals surface area contributed by atoms with Gasteiger partial charge in [0.05, 0.1) is 6.54 Å². The molecule has 0 aliphatic carbocycles. The quantitative estimate of drug-likeness (QED) is 0.816. The summed E-state index contributed by atoms with van der Waals surface area (Å²) < 4.78 is 0. The van der Waals surface area contributed by atoms with Crippen LogP contribution in [0.15, 0.2) is 41.8 Å². The summed E-state index contributed by atoms with van der Waals surface area (Å²) in [7, 11) is 1.62. The minimum Gasteiger partial charge on any atom is -0.336 e. The second-order valence-electron chi connectivity index (χ2n) is 7.69. The van der Waals surface area contributed by atoms with Crippen molar-refractivity contribution in [3.8, 4) is 0 Å². The number of piperidine rings is 1. The number of nitrogens with one attached hydrogen (secondary N) is 1. The number of carbonyl (C=O) groups is 3. The predicted molar refractivity (Wildman–Crippen MR) is 116 cm³/mol. The number of anilines is 1. The summed E-state index contributed by atoms with van der Waals surface area (Å²) in [5, 5.41) is 4.75. The number of para-hydroxylation sites is 1. The smallest absolute Gasteiger partial charge is 0.318 e. The normalized spacial score (nSPS) is 18.7. The molecule has 2 aromatic rings. The third-order valence-electron chi connectivity index (χ3n) is 5.82. The van der Waals surface area contributed by atoms with Gasteiger partial charge in [-0.15, -0.1) is 11.3 Å². The lowest BCUT2D eigenvalue weighted by molar-refractivity contribution is -0.131. The lowest BCUT2D eigenvalue weighted by atomic mass is 10.0. The number of likely N-dealkylation sites (N-methyl/N-ethyl adjacent to an activating group) is 1. The summed E-state index contributed by atoms with van der Waals surface area (Å²) >= 11 is 1.73. The van der Waals surface area contributed by atoms with E-state index in [9.17, 15) is 14.4 Å². The predicted octanol–water partition coefficient (Wildman–Crippen LogP) is 2.47. The number of amides is 4. The molecule has 1 saturated heterocycles. The average Bonchev–Trinajstić information content (AvgIpc) is 3.25. The minimum atomic E-state index is -0.530. The molecule has 7 nitrogen and oxygen atoms in total. The van der Waals surface area contributed by atoms with Crippen LogP contribution in [-0.4, -0.2) is 60.4 Å². The average molecular weight is 427 g/mol. The van der Waals surface area contributed by atoms with Crippen LogP contribution in [0.3, 0.4) is 0 Å². The summed E-state index contributed by atoms with van der Waals surface area (Å²) in [6, 6.07) is 10.6. The Labute approximate surface area is 180 Å². The number of rotatable bonds is 4. The lowest BCUT2D eigenvalue weighted by Gasteiger charge is -2.36. The molecule has 1 atom stereocenters. The molecule has 1 aromatic carbocycles. The SMILES string of the molecule is CN(C(=O)NCC(=O)N1CCc2sccc2C1)C1CCCN(c2ccccc2)C1=O. The number of fused-ring (bicyclic) bond motifs is 1. The van der Waals surface area contributed by atoms with Gasteiger partial charge in [-0.2, -0.15) is 0 Å². The molecule has 4 rings (SSSR count). The van der Waals surface area contributed by atoms with E-state index in [2.05, 4.69) is 16.8 Å². The first-order chi connectivity index (χ1) is 14.5. The molecule has 0 saturated carbocycles. The molecule has 8 heteroatoms. The molecular weight excluding hydrogens is 400 g/mol. The Balaban J connectivity index is 1.32. The highest BCUT2D eigenvalue weighted by Gasteiger charge is 2.34. The topological polar surface area (TPSA) is 73.0 Å². The second-order valence-corrected chi connectivity index (χ2v) is 8.69. The van der Waals surface area contributed by atoms with Crippen LogP contribution >= 0.6 is 11.3 Å². The van der Waals surface area contributed by atoms with Gasteiger partial charge in [-0.3, -0.25) is 9.59 Å². The van der Waals surface area contributed by atoms with E-state index in [1.807, 2.05) is 30.3 Å². The van der Waals surface area contributed by atoms with Crippen LogP contribution < -0.4 is 10.2 Å². The van der Waals surface area contributed by atoms with E-state index < -0.39 is 12.1 Å². The van der Waals surface area contributed by atoms with E-state index in [4.69, 9.17) is 0 Å². The Morgan fingerprint density at radius 2 is 2.00 bits per heavy atom. The maximum Gasteiger partial charge on any atom is 0.318 e. The monoisotopic (exact) mass is 426 g/mol. The van der Waals surface area contributed by atoms with E-state index in [-0.39, 0.29) is 18.4 Å². The minimum absolute atomic E-state index is 0.0635. The number of urea groups is 1. The van der Waals surface area contributed by atoms with Crippen molar-refractivity contribution in [3.05, 3.63) is 52.2 Å². The maximum atomic E-state index is 13.0. The third kappa shape index (κ3) is 4.18. The Hall–Kier alpha value is -2.87. The Morgan fingerprint density at radius 3 is 2.80 bits per heavy atom. The highest BCUT2D eigenvalue weighted by molar-refractivity contribution is 7.10. The van der Waals surface area contributed by atoms with E-state index in [1.54, 1.807) is 28.2 Å². The van der Waals surface area contributed by atoms with Crippen LogP contribution in [0.1, 0.15) is 23.3 Å². The van der Waals surface area contributed by atoms with Gasteiger partial charge in [0.2, 0.25) is 11.8 Å². The second kappa shape index (κ2) is 8.87. The van der Waals surface area contributed by atoms with Gasteiger partial charge in [-0.25, -0.2) is 4.79 Å². The molecule has 1 unspecified atom stereocenters. The first-order valence-corrected chi connectivity index (χ1v) is 11.1. The zero-order chi connectivity index (χ0) is 21.1. The molecule has 30 heavy (non-hydrogen) atoms. The molecule has 3 heterocycles. The molecular formula is C22H26N4O3S. The van der Waals surface area contributed by atoms with Crippen LogP contribution in [0.4, 0.5) is 10.5 Å². The van der Waals surface area contributed by atoms with Gasteiger partial charge in [0.15, 0.2) is 0 Å². The molecule has 2 aliphatic heterocycles. The summed E-state index contributed by atoms with van der Waals surface area (Å²) in [5.74, 6) is -0.188. The van der Waals surface area contributed by atoms with Crippen molar-refractivity contribution in [1.29, 1.82) is 0 Å². The van der Waals surface area contributed by atoms with Crippen LogP contribution in [-0.2, 0) is 22.6 Å². The standard InChI is InChI=1S/C22H26N4O3S/c1-24(18-8-5-11-26(21(18)28)17-6-3-2-4-7-17)22(29)23-14-20(27)25-12-9-19-16(15-25)10-13-30-19/h2-4,6-7,10,13,18H,5,8-9,11-12,14-15H2,1H3,(H,23,29). The number of thiophene rings is 1. The van der Waals surface area contributed by atoms with Crippen molar-refractivity contribution in [2.45, 2.75) is 31.8 Å². The summed E-state index contributed by atoms with van der Waals surface area (Å²) in [4.78, 5) is 44.5. The fourth-order valence-corrected chi connectivity index (χ4v) is 4.96. The molecule has 0 bridgehead atoms. The van der Waals surface area contributed by atoms with E-state index in [1.165, 1.54) is 15.3 Å². The number of hydrogen-bond donors (Lipinski definition) is 1. The van der Waals surface area contributed by atoms with Crippen molar-refractivity contribution in [3.63, 3.8) is 0 Å². The van der Waals surface area contributed by atoms with Crippen molar-refractivity contribution >= 4 is 34.9 Å². The molecule has 2 aliphatic rings. The molecule has 0 spiro atoms. The summed E-state index contributed by atoms with van der Waals surface area (Å²) in [6.45, 7) is 1.85. The van der Waals surface area contributed by atoms with E-state index in [0.29, 0.717) is 26.1 Å². The molecule has 1 N–H and O–H groups in total. The Kier molecular flexibility index (Phi) is 6.03. The Morgan fingerprint density at radius 1 is 1.20 bits per heavy atom. The van der Waals surface area contributed by atoms with E-state index >= 15 is 0 Å². The number of benzene rings is 1. The van der Waals surface area contributed by atoms with Gasteiger partial charge >= 0.3 is 6.03 Å². The maximum absolute atomic E-state index is 13.0. The van der Waals surface area contributed by atoms with Gasteiger partial charge in [-0.05, 0) is 48.4 Å². The number of carbonyl (C=O) groups excluding carboxylic acids is 3. The highest BCUT2D eigenvalue weighted by Crippen LogP contribution is 2.24. The van der Waals surface area contributed by atoms with Crippen molar-refractivity contribution in [2.75, 3.05) is 31.6 Å². The fourth-order valence-electron chi connectivity index (χ4n) is 4.07. The zero-order valence-corrected chi connectivity index (χ0v) is 17.9. The zero-order valence-electron chi connectivity index (χ0n) is 17.0. The lowest BCUT2D eigenvalue weighted by Crippen LogP contribution is -2.56. The van der Waals surface area contributed by atoms with Crippen LogP contribution in [0.5, 0.6) is 0 Å². The van der Waals surface area contributed by atoms with E-state index in [0.717, 1.165) is 18.5 Å². The molecule has 4 amide bonds. The first kappa shape index (κ1) is 20.4. The number of hydrogen-bond acceptors (Lipinski definition) is 4. The van der Waals surface area contributed by atoms with Gasteiger partial charge < -0.3 is 20.0 Å². The summed E-state index contributed by atoms with van der Waals surface area (Å²) in [6.07, 6.45) is 2.30. The largest absolute Gasteiger partial charge is 0.336 e. The van der Waals surface area contributed by atoms with Gasteiger partial charge in [0.1, 0.15) is 6.04 Å². The Bertz CT molecular complexity index is 929. The highest BCUT2D eigenvalue weighted by atomic mass is 32.1. The van der Waals surface area contributed by atoms with Gasteiger partial charge in [0, 0.05) is 37.2 Å². The first-order valence-electron chi connectivity index (χ1n) is 10.2. The van der Waals surface area contributed by atoms with Crippen LogP contribution in [0.25, 0.3) is 0 Å². The molecule has 1 fully saturated rings. The van der Waals surface area contributed by atoms with Gasteiger partial charge in [-0.1, -0.05) is 18.2 Å². The third-order valence-corrected chi connectivity index (χ3v) is 6.84. The van der Waals surface area contributed by atoms with Crippen molar-refractivity contribution < 1.29 is 14.4 Å². The van der Waals surface area contributed by atoms with Crippen molar-refractivity contribution in [2.24, 2.45) is 0 Å².